The van der Waals surface area contributed by atoms with Crippen LogP contribution in [0.4, 0.5) is 8.78 Å². The molecule has 0 saturated carbocycles. The normalized spacial score (nSPS) is 10.5. The van der Waals surface area contributed by atoms with Crippen molar-refractivity contribution >= 4 is 33.3 Å². The zero-order valence-corrected chi connectivity index (χ0v) is 11.9. The molecule has 0 aliphatic heterocycles. The van der Waals surface area contributed by atoms with Crippen LogP contribution in [0.1, 0.15) is 15.9 Å². The molecule has 2 aromatic carbocycles. The van der Waals surface area contributed by atoms with E-state index in [2.05, 4.69) is 15.9 Å². The number of halogens is 4. The molecule has 1 nitrogen and oxygen atoms in total. The highest BCUT2D eigenvalue weighted by Crippen LogP contribution is 2.23. The average molecular weight is 346 g/mol. The standard InChI is InChI=1S/C14H8BrClF2O/c15-13-6-9(16)1-2-12(13)14(19)5-8-3-10(17)7-11(18)4-8/h1-4,6-7H,5H2. The Bertz CT molecular complexity index is 623. The zero-order valence-electron chi connectivity index (χ0n) is 9.59. The molecule has 0 fully saturated rings. The first kappa shape index (κ1) is 14.2. The Morgan fingerprint density at radius 1 is 1.11 bits per heavy atom. The summed E-state index contributed by atoms with van der Waals surface area (Å²) in [5.74, 6) is -1.63. The fourth-order valence-electron chi connectivity index (χ4n) is 1.71. The van der Waals surface area contributed by atoms with Gasteiger partial charge in [0.05, 0.1) is 0 Å². The van der Waals surface area contributed by atoms with Gasteiger partial charge in [-0.1, -0.05) is 11.6 Å². The van der Waals surface area contributed by atoms with Crippen molar-refractivity contribution in [1.82, 2.24) is 0 Å². The van der Waals surface area contributed by atoms with Crippen molar-refractivity contribution < 1.29 is 13.6 Å². The topological polar surface area (TPSA) is 17.1 Å². The van der Waals surface area contributed by atoms with E-state index in [1.807, 2.05) is 0 Å². The van der Waals surface area contributed by atoms with E-state index in [4.69, 9.17) is 11.6 Å². The van der Waals surface area contributed by atoms with Crippen LogP contribution in [0.5, 0.6) is 0 Å². The molecule has 0 spiro atoms. The monoisotopic (exact) mass is 344 g/mol. The fraction of sp³-hybridized carbons (Fsp3) is 0.0714. The minimum atomic E-state index is -0.696. The van der Waals surface area contributed by atoms with Crippen LogP contribution in [-0.2, 0) is 6.42 Å². The van der Waals surface area contributed by atoms with Crippen LogP contribution < -0.4 is 0 Å². The maximum Gasteiger partial charge on any atom is 0.168 e. The van der Waals surface area contributed by atoms with Crippen molar-refractivity contribution in [3.63, 3.8) is 0 Å². The van der Waals surface area contributed by atoms with Gasteiger partial charge < -0.3 is 0 Å². The summed E-state index contributed by atoms with van der Waals surface area (Å²) in [6.45, 7) is 0. The number of hydrogen-bond donors (Lipinski definition) is 0. The van der Waals surface area contributed by atoms with Gasteiger partial charge in [-0.2, -0.15) is 0 Å². The molecular formula is C14H8BrClF2O. The first-order valence-electron chi connectivity index (χ1n) is 5.39. The maximum absolute atomic E-state index is 13.0. The quantitative estimate of drug-likeness (QED) is 0.730. The molecular weight excluding hydrogens is 338 g/mol. The number of carbonyl (C=O) groups is 1. The third-order valence-electron chi connectivity index (χ3n) is 2.52. The maximum atomic E-state index is 13.0. The zero-order chi connectivity index (χ0) is 14.0. The third kappa shape index (κ3) is 3.61. The second-order valence-corrected chi connectivity index (χ2v) is 5.29. The average Bonchev–Trinajstić information content (AvgIpc) is 2.26. The van der Waals surface area contributed by atoms with Gasteiger partial charge in [-0.3, -0.25) is 4.79 Å². The highest BCUT2D eigenvalue weighted by atomic mass is 79.9. The highest BCUT2D eigenvalue weighted by Gasteiger charge is 2.12. The molecule has 0 N–H and O–H groups in total. The van der Waals surface area contributed by atoms with Gasteiger partial charge in [0.2, 0.25) is 0 Å². The van der Waals surface area contributed by atoms with E-state index in [0.717, 1.165) is 18.2 Å². The fourth-order valence-corrected chi connectivity index (χ4v) is 2.61. The molecule has 0 saturated heterocycles. The van der Waals surface area contributed by atoms with Crippen LogP contribution in [0.3, 0.4) is 0 Å². The molecule has 19 heavy (non-hydrogen) atoms. The minimum absolute atomic E-state index is 0.0745. The summed E-state index contributed by atoms with van der Waals surface area (Å²) in [5, 5.41) is 0.500. The Balaban J connectivity index is 2.25. The molecule has 0 amide bonds. The van der Waals surface area contributed by atoms with Crippen molar-refractivity contribution in [2.24, 2.45) is 0 Å². The predicted molar refractivity (Wildman–Crippen MR) is 73.5 cm³/mol. The lowest BCUT2D eigenvalue weighted by molar-refractivity contribution is 0.0992. The van der Waals surface area contributed by atoms with Crippen LogP contribution in [-0.4, -0.2) is 5.78 Å². The Labute approximate surface area is 122 Å². The van der Waals surface area contributed by atoms with Gasteiger partial charge in [-0.05, 0) is 51.8 Å². The molecule has 98 valence electrons. The van der Waals surface area contributed by atoms with E-state index in [1.165, 1.54) is 0 Å². The van der Waals surface area contributed by atoms with Crippen molar-refractivity contribution in [2.45, 2.75) is 6.42 Å². The summed E-state index contributed by atoms with van der Waals surface area (Å²) in [6.07, 6.45) is -0.0745. The minimum Gasteiger partial charge on any atom is -0.294 e. The lowest BCUT2D eigenvalue weighted by Crippen LogP contribution is -2.05. The number of ketones is 1. The molecule has 0 atom stereocenters. The van der Waals surface area contributed by atoms with E-state index in [1.54, 1.807) is 18.2 Å². The molecule has 2 rings (SSSR count). The number of hydrogen-bond acceptors (Lipinski definition) is 1. The van der Waals surface area contributed by atoms with Gasteiger partial charge in [0, 0.05) is 27.5 Å². The molecule has 0 bridgehead atoms. The van der Waals surface area contributed by atoms with Gasteiger partial charge in [0.15, 0.2) is 5.78 Å². The van der Waals surface area contributed by atoms with Crippen LogP contribution >= 0.6 is 27.5 Å². The summed E-state index contributed by atoms with van der Waals surface area (Å²) in [4.78, 5) is 12.1. The molecule has 0 unspecified atom stereocenters. The number of benzene rings is 2. The van der Waals surface area contributed by atoms with Crippen LogP contribution in [0.15, 0.2) is 40.9 Å². The van der Waals surface area contributed by atoms with Crippen LogP contribution in [0.25, 0.3) is 0 Å². The second kappa shape index (κ2) is 5.80. The van der Waals surface area contributed by atoms with Gasteiger partial charge in [-0.15, -0.1) is 0 Å². The lowest BCUT2D eigenvalue weighted by atomic mass is 10.0. The Morgan fingerprint density at radius 2 is 1.74 bits per heavy atom. The Morgan fingerprint density at radius 3 is 2.32 bits per heavy atom. The SMILES string of the molecule is O=C(Cc1cc(F)cc(F)c1)c1ccc(Cl)cc1Br. The Kier molecular flexibility index (Phi) is 4.32. The number of rotatable bonds is 3. The molecule has 0 aliphatic carbocycles. The van der Waals surface area contributed by atoms with E-state index in [-0.39, 0.29) is 12.2 Å². The van der Waals surface area contributed by atoms with Crippen molar-refractivity contribution in [2.75, 3.05) is 0 Å². The molecule has 0 radical (unpaired) electrons. The molecule has 0 aliphatic rings. The molecule has 0 heterocycles. The van der Waals surface area contributed by atoms with E-state index in [9.17, 15) is 13.6 Å². The first-order valence-corrected chi connectivity index (χ1v) is 6.56. The first-order chi connectivity index (χ1) is 8.95. The summed E-state index contributed by atoms with van der Waals surface area (Å²) in [7, 11) is 0. The van der Waals surface area contributed by atoms with Crippen molar-refractivity contribution in [3.05, 3.63) is 68.7 Å². The Hall–Kier alpha value is -1.26. The van der Waals surface area contributed by atoms with Gasteiger partial charge in [0.25, 0.3) is 0 Å². The van der Waals surface area contributed by atoms with E-state index < -0.39 is 11.6 Å². The lowest BCUT2D eigenvalue weighted by Gasteiger charge is -2.05. The van der Waals surface area contributed by atoms with Gasteiger partial charge >= 0.3 is 0 Å². The van der Waals surface area contributed by atoms with Crippen molar-refractivity contribution in [1.29, 1.82) is 0 Å². The van der Waals surface area contributed by atoms with E-state index in [0.29, 0.717) is 20.6 Å². The van der Waals surface area contributed by atoms with Crippen LogP contribution in [0, 0.1) is 11.6 Å². The summed E-state index contributed by atoms with van der Waals surface area (Å²) in [5.41, 5.74) is 0.721. The number of carbonyl (C=O) groups excluding carboxylic acids is 1. The smallest absolute Gasteiger partial charge is 0.168 e. The molecule has 5 heteroatoms. The highest BCUT2D eigenvalue weighted by molar-refractivity contribution is 9.10. The van der Waals surface area contributed by atoms with Crippen molar-refractivity contribution in [3.8, 4) is 0 Å². The summed E-state index contributed by atoms with van der Waals surface area (Å²) >= 11 is 9.02. The van der Waals surface area contributed by atoms with E-state index >= 15 is 0 Å². The third-order valence-corrected chi connectivity index (χ3v) is 3.41. The second-order valence-electron chi connectivity index (χ2n) is 4.00. The van der Waals surface area contributed by atoms with Crippen LogP contribution in [0.2, 0.25) is 5.02 Å². The molecule has 0 aromatic heterocycles. The van der Waals surface area contributed by atoms with Gasteiger partial charge in [0.1, 0.15) is 11.6 Å². The predicted octanol–water partition coefficient (Wildman–Crippen LogP) is 4.81. The summed E-state index contributed by atoms with van der Waals surface area (Å²) < 4.78 is 26.6. The molecule has 2 aromatic rings. The largest absolute Gasteiger partial charge is 0.294 e. The van der Waals surface area contributed by atoms with Gasteiger partial charge in [-0.25, -0.2) is 8.78 Å². The number of Topliss-reactive ketones (excluding diaryl/α,β-unsaturated/α-hetero) is 1. The summed E-state index contributed by atoms with van der Waals surface area (Å²) in [6, 6.07) is 7.82.